The van der Waals surface area contributed by atoms with E-state index in [1.54, 1.807) is 6.20 Å². The highest BCUT2D eigenvalue weighted by Gasteiger charge is 2.08. The van der Waals surface area contributed by atoms with Gasteiger partial charge in [0.2, 0.25) is 5.91 Å². The molecule has 1 aromatic carbocycles. The molecule has 0 atom stereocenters. The van der Waals surface area contributed by atoms with E-state index < -0.39 is 0 Å². The monoisotopic (exact) mass is 343 g/mol. The number of anilines is 1. The van der Waals surface area contributed by atoms with Gasteiger partial charge in [0.1, 0.15) is 5.65 Å². The fourth-order valence-electron chi connectivity index (χ4n) is 2.71. The minimum atomic E-state index is -0.264. The van der Waals surface area contributed by atoms with Gasteiger partial charge in [-0.15, -0.1) is 0 Å². The maximum absolute atomic E-state index is 11.5. The molecule has 0 aliphatic carbocycles. The molecular weight excluding hydrogens is 322 g/mol. The SMILES string of the molecule is C=CC(=O)Nc1cnc2c(c1)c(C#Cc1ccc(C(C)C)cc1)cn2C. The number of aryl methyl sites for hydroxylation is 1. The standard InChI is InChI=1S/C22H21N3O/c1-5-21(26)24-19-12-20-18(14-25(4)22(20)23-13-19)11-8-16-6-9-17(10-7-16)15(2)3/h5-7,9-10,12-15H,1H2,2-4H3,(H,24,26). The molecule has 4 nitrogen and oxygen atoms in total. The lowest BCUT2D eigenvalue weighted by atomic mass is 10.0. The number of rotatable bonds is 3. The number of carbonyl (C=O) groups is 1. The molecule has 130 valence electrons. The lowest BCUT2D eigenvalue weighted by Crippen LogP contribution is -2.07. The Labute approximate surface area is 153 Å². The summed E-state index contributed by atoms with van der Waals surface area (Å²) in [5, 5.41) is 3.64. The summed E-state index contributed by atoms with van der Waals surface area (Å²) >= 11 is 0. The molecule has 3 aromatic rings. The molecule has 0 bridgehead atoms. The van der Waals surface area contributed by atoms with E-state index in [-0.39, 0.29) is 5.91 Å². The topological polar surface area (TPSA) is 46.9 Å². The Morgan fingerprint density at radius 1 is 1.27 bits per heavy atom. The zero-order valence-corrected chi connectivity index (χ0v) is 15.2. The molecule has 2 aromatic heterocycles. The number of nitrogens with one attached hydrogen (secondary N) is 1. The molecular formula is C22H21N3O. The Balaban J connectivity index is 1.96. The van der Waals surface area contributed by atoms with Crippen LogP contribution in [0.4, 0.5) is 5.69 Å². The first kappa shape index (κ1) is 17.5. The normalized spacial score (nSPS) is 10.5. The van der Waals surface area contributed by atoms with Crippen molar-refractivity contribution >= 4 is 22.6 Å². The van der Waals surface area contributed by atoms with E-state index in [4.69, 9.17) is 0 Å². The van der Waals surface area contributed by atoms with Crippen LogP contribution in [0.2, 0.25) is 0 Å². The maximum Gasteiger partial charge on any atom is 0.247 e. The minimum absolute atomic E-state index is 0.264. The quantitative estimate of drug-likeness (QED) is 0.572. The zero-order valence-electron chi connectivity index (χ0n) is 15.2. The molecule has 0 radical (unpaired) electrons. The van der Waals surface area contributed by atoms with Crippen molar-refractivity contribution in [2.45, 2.75) is 19.8 Å². The fraction of sp³-hybridized carbons (Fsp3) is 0.182. The predicted octanol–water partition coefficient (Wildman–Crippen LogP) is 4.22. The number of aromatic nitrogens is 2. The van der Waals surface area contributed by atoms with Gasteiger partial charge in [-0.05, 0) is 35.8 Å². The summed E-state index contributed by atoms with van der Waals surface area (Å²) in [5.74, 6) is 6.67. The maximum atomic E-state index is 11.5. The highest BCUT2D eigenvalue weighted by atomic mass is 16.1. The van der Waals surface area contributed by atoms with E-state index in [1.807, 2.05) is 36.0 Å². The van der Waals surface area contributed by atoms with Crippen LogP contribution in [0.1, 0.15) is 36.5 Å². The Kier molecular flexibility index (Phi) is 4.90. The van der Waals surface area contributed by atoms with Crippen LogP contribution in [0.5, 0.6) is 0 Å². The van der Waals surface area contributed by atoms with E-state index in [2.05, 4.69) is 54.7 Å². The van der Waals surface area contributed by atoms with Gasteiger partial charge < -0.3 is 9.88 Å². The highest BCUT2D eigenvalue weighted by Crippen LogP contribution is 2.22. The van der Waals surface area contributed by atoms with Gasteiger partial charge in [-0.25, -0.2) is 4.98 Å². The number of carbonyl (C=O) groups excluding carboxylic acids is 1. The summed E-state index contributed by atoms with van der Waals surface area (Å²) in [6.45, 7) is 7.81. The van der Waals surface area contributed by atoms with Crippen molar-refractivity contribution in [2.75, 3.05) is 5.32 Å². The van der Waals surface area contributed by atoms with Gasteiger partial charge in [0, 0.05) is 24.2 Å². The van der Waals surface area contributed by atoms with Crippen LogP contribution in [0.15, 0.2) is 55.4 Å². The van der Waals surface area contributed by atoms with Crippen molar-refractivity contribution in [2.24, 2.45) is 7.05 Å². The third-order valence-corrected chi connectivity index (χ3v) is 4.19. The van der Waals surface area contributed by atoms with E-state index in [9.17, 15) is 4.79 Å². The zero-order chi connectivity index (χ0) is 18.7. The lowest BCUT2D eigenvalue weighted by molar-refractivity contribution is -0.111. The van der Waals surface area contributed by atoms with Crippen LogP contribution in [0.3, 0.4) is 0 Å². The first-order valence-corrected chi connectivity index (χ1v) is 8.48. The van der Waals surface area contributed by atoms with Gasteiger partial charge in [-0.3, -0.25) is 4.79 Å². The smallest absolute Gasteiger partial charge is 0.247 e. The van der Waals surface area contributed by atoms with Crippen LogP contribution in [-0.4, -0.2) is 15.5 Å². The molecule has 4 heteroatoms. The summed E-state index contributed by atoms with van der Waals surface area (Å²) < 4.78 is 1.93. The Morgan fingerprint density at radius 2 is 2.00 bits per heavy atom. The highest BCUT2D eigenvalue weighted by molar-refractivity contribution is 6.00. The van der Waals surface area contributed by atoms with Crippen LogP contribution in [-0.2, 0) is 11.8 Å². The summed E-state index contributed by atoms with van der Waals surface area (Å²) in [6, 6.07) is 10.2. The molecule has 0 aliphatic rings. The van der Waals surface area contributed by atoms with Crippen LogP contribution in [0, 0.1) is 11.8 Å². The van der Waals surface area contributed by atoms with Gasteiger partial charge in [0.15, 0.2) is 0 Å². The van der Waals surface area contributed by atoms with Gasteiger partial charge in [0.05, 0.1) is 17.4 Å². The third-order valence-electron chi connectivity index (χ3n) is 4.19. The molecule has 2 heterocycles. The summed E-state index contributed by atoms with van der Waals surface area (Å²) in [7, 11) is 1.93. The number of hydrogen-bond acceptors (Lipinski definition) is 2. The molecule has 3 rings (SSSR count). The number of nitrogens with zero attached hydrogens (tertiary/aromatic N) is 2. The van der Waals surface area contributed by atoms with Gasteiger partial charge in [0.25, 0.3) is 0 Å². The van der Waals surface area contributed by atoms with Gasteiger partial charge in [-0.2, -0.15) is 0 Å². The van der Waals surface area contributed by atoms with Crippen LogP contribution >= 0.6 is 0 Å². The van der Waals surface area contributed by atoms with Crippen molar-refractivity contribution in [1.29, 1.82) is 0 Å². The second-order valence-corrected chi connectivity index (χ2v) is 6.47. The minimum Gasteiger partial charge on any atom is -0.334 e. The van der Waals surface area contributed by atoms with E-state index >= 15 is 0 Å². The van der Waals surface area contributed by atoms with Crippen molar-refractivity contribution in [1.82, 2.24) is 9.55 Å². The molecule has 1 amide bonds. The second kappa shape index (κ2) is 7.28. The predicted molar refractivity (Wildman–Crippen MR) is 106 cm³/mol. The van der Waals surface area contributed by atoms with Crippen LogP contribution < -0.4 is 5.32 Å². The molecule has 1 N–H and O–H groups in total. The molecule has 0 unspecified atom stereocenters. The molecule has 0 fully saturated rings. The van der Waals surface area contributed by atoms with Crippen molar-refractivity contribution in [3.05, 3.63) is 72.1 Å². The summed E-state index contributed by atoms with van der Waals surface area (Å²) in [4.78, 5) is 15.9. The largest absolute Gasteiger partial charge is 0.334 e. The number of pyridine rings is 1. The van der Waals surface area contributed by atoms with Crippen molar-refractivity contribution in [3.8, 4) is 11.8 Å². The van der Waals surface area contributed by atoms with E-state index in [0.717, 1.165) is 22.2 Å². The summed E-state index contributed by atoms with van der Waals surface area (Å²) in [5.41, 5.74) is 4.58. The summed E-state index contributed by atoms with van der Waals surface area (Å²) in [6.07, 6.45) is 4.81. The average molecular weight is 343 g/mol. The number of hydrogen-bond donors (Lipinski definition) is 1. The van der Waals surface area contributed by atoms with Crippen molar-refractivity contribution in [3.63, 3.8) is 0 Å². The molecule has 0 aliphatic heterocycles. The van der Waals surface area contributed by atoms with Gasteiger partial charge in [-0.1, -0.05) is 44.4 Å². The molecule has 0 saturated carbocycles. The first-order chi connectivity index (χ1) is 12.5. The molecule has 26 heavy (non-hydrogen) atoms. The molecule has 0 saturated heterocycles. The fourth-order valence-corrected chi connectivity index (χ4v) is 2.71. The lowest BCUT2D eigenvalue weighted by Gasteiger charge is -2.03. The number of amides is 1. The first-order valence-electron chi connectivity index (χ1n) is 8.48. The average Bonchev–Trinajstić information content (AvgIpc) is 2.95. The van der Waals surface area contributed by atoms with Crippen LogP contribution in [0.25, 0.3) is 11.0 Å². The Bertz CT molecular complexity index is 1030. The molecule has 0 spiro atoms. The number of fused-ring (bicyclic) bond motifs is 1. The third kappa shape index (κ3) is 3.68. The van der Waals surface area contributed by atoms with E-state index in [1.165, 1.54) is 11.6 Å². The van der Waals surface area contributed by atoms with E-state index in [0.29, 0.717) is 11.6 Å². The number of benzene rings is 1. The van der Waals surface area contributed by atoms with Crippen molar-refractivity contribution < 1.29 is 4.79 Å². The van der Waals surface area contributed by atoms with Gasteiger partial charge >= 0.3 is 0 Å². The second-order valence-electron chi connectivity index (χ2n) is 6.47. The Hall–Kier alpha value is -3.32. The Morgan fingerprint density at radius 3 is 2.65 bits per heavy atom.